The number of thiophene rings is 1. The van der Waals surface area contributed by atoms with Gasteiger partial charge >= 0.3 is 0 Å². The molecule has 3 aromatic heterocycles. The van der Waals surface area contributed by atoms with Crippen molar-refractivity contribution in [2.45, 2.75) is 19.9 Å². The van der Waals surface area contributed by atoms with Crippen molar-refractivity contribution < 1.29 is 9.53 Å². The minimum atomic E-state index is -0.149. The number of fused-ring (bicyclic) bond motifs is 1. The molecular formula is C26H23N3O2S2. The van der Waals surface area contributed by atoms with Crippen LogP contribution in [0.4, 0.5) is 5.13 Å². The third kappa shape index (κ3) is 4.42. The number of aromatic nitrogens is 2. The SMILES string of the molecule is COc1ccc(C)cc1-c1csc(NC(=O)c2cc3sccc3n2CCc2ccccc2)n1. The van der Waals surface area contributed by atoms with Crippen LogP contribution in [0.25, 0.3) is 21.5 Å². The minimum absolute atomic E-state index is 0.149. The Morgan fingerprint density at radius 2 is 1.94 bits per heavy atom. The zero-order valence-electron chi connectivity index (χ0n) is 18.4. The number of carbonyl (C=O) groups excluding carboxylic acids is 1. The van der Waals surface area contributed by atoms with Gasteiger partial charge in [0.05, 0.1) is 23.0 Å². The van der Waals surface area contributed by atoms with Gasteiger partial charge in [-0.15, -0.1) is 22.7 Å². The average molecular weight is 474 g/mol. The van der Waals surface area contributed by atoms with Crippen molar-refractivity contribution in [1.29, 1.82) is 0 Å². The Balaban J connectivity index is 1.39. The lowest BCUT2D eigenvalue weighted by Gasteiger charge is -2.10. The third-order valence-electron chi connectivity index (χ3n) is 5.58. The molecule has 2 aromatic carbocycles. The Kier molecular flexibility index (Phi) is 5.98. The van der Waals surface area contributed by atoms with Gasteiger partial charge in [-0.2, -0.15) is 0 Å². The molecule has 3 heterocycles. The van der Waals surface area contributed by atoms with Crippen molar-refractivity contribution in [2.75, 3.05) is 12.4 Å². The lowest BCUT2D eigenvalue weighted by Crippen LogP contribution is -2.17. The summed E-state index contributed by atoms with van der Waals surface area (Å²) >= 11 is 3.06. The first-order valence-electron chi connectivity index (χ1n) is 10.6. The van der Waals surface area contributed by atoms with E-state index in [9.17, 15) is 4.79 Å². The zero-order chi connectivity index (χ0) is 22.8. The minimum Gasteiger partial charge on any atom is -0.496 e. The van der Waals surface area contributed by atoms with Crippen LogP contribution < -0.4 is 10.1 Å². The van der Waals surface area contributed by atoms with Crippen molar-refractivity contribution in [3.8, 4) is 17.0 Å². The van der Waals surface area contributed by atoms with Crippen molar-refractivity contribution in [3.05, 3.63) is 88.2 Å². The van der Waals surface area contributed by atoms with Crippen LogP contribution in [0.2, 0.25) is 0 Å². The molecule has 1 amide bonds. The fraction of sp³-hybridized carbons (Fsp3) is 0.154. The average Bonchev–Trinajstić information content (AvgIpc) is 3.55. The van der Waals surface area contributed by atoms with Gasteiger partial charge in [0.2, 0.25) is 0 Å². The summed E-state index contributed by atoms with van der Waals surface area (Å²) in [6.07, 6.45) is 0.856. The molecule has 33 heavy (non-hydrogen) atoms. The second kappa shape index (κ2) is 9.21. The van der Waals surface area contributed by atoms with Crippen LogP contribution in [-0.4, -0.2) is 22.6 Å². The molecule has 5 nitrogen and oxygen atoms in total. The van der Waals surface area contributed by atoms with Gasteiger partial charge in [0.1, 0.15) is 11.4 Å². The molecule has 0 atom stereocenters. The fourth-order valence-corrected chi connectivity index (χ4v) is 5.46. The van der Waals surface area contributed by atoms with Crippen molar-refractivity contribution in [3.63, 3.8) is 0 Å². The summed E-state index contributed by atoms with van der Waals surface area (Å²) in [4.78, 5) is 17.9. The maximum Gasteiger partial charge on any atom is 0.274 e. The van der Waals surface area contributed by atoms with Crippen LogP contribution in [0.3, 0.4) is 0 Å². The van der Waals surface area contributed by atoms with Crippen molar-refractivity contribution in [2.24, 2.45) is 0 Å². The molecule has 0 aliphatic carbocycles. The zero-order valence-corrected chi connectivity index (χ0v) is 20.0. The van der Waals surface area contributed by atoms with E-state index >= 15 is 0 Å². The van der Waals surface area contributed by atoms with E-state index in [1.165, 1.54) is 16.9 Å². The Morgan fingerprint density at radius 1 is 1.09 bits per heavy atom. The third-order valence-corrected chi connectivity index (χ3v) is 7.19. The fourth-order valence-electron chi connectivity index (χ4n) is 3.93. The number of aryl methyl sites for hydroxylation is 3. The molecule has 0 aliphatic rings. The van der Waals surface area contributed by atoms with Crippen LogP contribution in [0.5, 0.6) is 5.75 Å². The predicted octanol–water partition coefficient (Wildman–Crippen LogP) is 6.64. The van der Waals surface area contributed by atoms with Gasteiger partial charge in [0, 0.05) is 17.5 Å². The van der Waals surface area contributed by atoms with E-state index in [4.69, 9.17) is 4.74 Å². The maximum absolute atomic E-state index is 13.3. The highest BCUT2D eigenvalue weighted by Crippen LogP contribution is 2.33. The monoisotopic (exact) mass is 473 g/mol. The highest BCUT2D eigenvalue weighted by atomic mass is 32.1. The summed E-state index contributed by atoms with van der Waals surface area (Å²) < 4.78 is 8.71. The molecule has 7 heteroatoms. The summed E-state index contributed by atoms with van der Waals surface area (Å²) in [7, 11) is 1.65. The summed E-state index contributed by atoms with van der Waals surface area (Å²) in [5.41, 5.74) is 5.82. The Bertz CT molecular complexity index is 1420. The second-order valence-electron chi connectivity index (χ2n) is 7.78. The number of anilines is 1. The van der Waals surface area contributed by atoms with Gasteiger partial charge in [0.25, 0.3) is 5.91 Å². The number of ether oxygens (including phenoxy) is 1. The Hall–Kier alpha value is -3.42. The number of carbonyl (C=O) groups is 1. The number of nitrogens with zero attached hydrogens (tertiary/aromatic N) is 2. The molecule has 0 bridgehead atoms. The smallest absolute Gasteiger partial charge is 0.274 e. The van der Waals surface area contributed by atoms with E-state index < -0.39 is 0 Å². The van der Waals surface area contributed by atoms with Crippen molar-refractivity contribution in [1.82, 2.24) is 9.55 Å². The summed E-state index contributed by atoms with van der Waals surface area (Å²) in [6.45, 7) is 2.77. The Labute approximate surface area is 200 Å². The molecule has 0 fully saturated rings. The quantitative estimate of drug-likeness (QED) is 0.288. The number of benzene rings is 2. The van der Waals surface area contributed by atoms with E-state index in [0.717, 1.165) is 45.8 Å². The molecule has 5 rings (SSSR count). The number of hydrogen-bond acceptors (Lipinski definition) is 5. The molecule has 1 N–H and O–H groups in total. The number of rotatable bonds is 7. The summed E-state index contributed by atoms with van der Waals surface area (Å²) in [6, 6.07) is 20.4. The molecule has 0 saturated heterocycles. The van der Waals surface area contributed by atoms with E-state index in [1.54, 1.807) is 18.4 Å². The lowest BCUT2D eigenvalue weighted by molar-refractivity contribution is 0.101. The molecule has 0 radical (unpaired) electrons. The van der Waals surface area contributed by atoms with Gasteiger partial charge in [-0.25, -0.2) is 4.98 Å². The van der Waals surface area contributed by atoms with Crippen LogP contribution >= 0.6 is 22.7 Å². The molecule has 0 aliphatic heterocycles. The van der Waals surface area contributed by atoms with Gasteiger partial charge in [0.15, 0.2) is 5.13 Å². The van der Waals surface area contributed by atoms with Crippen LogP contribution in [0.15, 0.2) is 71.4 Å². The number of amides is 1. The Morgan fingerprint density at radius 3 is 2.76 bits per heavy atom. The normalized spacial score (nSPS) is 11.1. The molecule has 166 valence electrons. The number of methoxy groups -OCH3 is 1. The largest absolute Gasteiger partial charge is 0.496 e. The lowest BCUT2D eigenvalue weighted by atomic mass is 10.1. The summed E-state index contributed by atoms with van der Waals surface area (Å²) in [5, 5.41) is 7.58. The molecule has 0 spiro atoms. The molecule has 0 saturated carbocycles. The highest BCUT2D eigenvalue weighted by Gasteiger charge is 2.18. The van der Waals surface area contributed by atoms with Gasteiger partial charge < -0.3 is 9.30 Å². The second-order valence-corrected chi connectivity index (χ2v) is 9.59. The van der Waals surface area contributed by atoms with E-state index in [-0.39, 0.29) is 5.91 Å². The maximum atomic E-state index is 13.3. The topological polar surface area (TPSA) is 56.1 Å². The van der Waals surface area contributed by atoms with E-state index in [0.29, 0.717) is 10.8 Å². The first-order valence-corrected chi connectivity index (χ1v) is 12.4. The molecule has 0 unspecified atom stereocenters. The van der Waals surface area contributed by atoms with Crippen LogP contribution in [-0.2, 0) is 13.0 Å². The first kappa shape index (κ1) is 21.4. The van der Waals surface area contributed by atoms with Crippen molar-refractivity contribution >= 4 is 43.9 Å². The summed E-state index contributed by atoms with van der Waals surface area (Å²) in [5.74, 6) is 0.613. The highest BCUT2D eigenvalue weighted by molar-refractivity contribution is 7.17. The number of nitrogens with one attached hydrogen (secondary N) is 1. The number of hydrogen-bond donors (Lipinski definition) is 1. The van der Waals surface area contributed by atoms with E-state index in [2.05, 4.69) is 38.4 Å². The van der Waals surface area contributed by atoms with Gasteiger partial charge in [-0.1, -0.05) is 42.0 Å². The van der Waals surface area contributed by atoms with Crippen LogP contribution in [0.1, 0.15) is 21.6 Å². The van der Waals surface area contributed by atoms with E-state index in [1.807, 2.05) is 54.8 Å². The first-order chi connectivity index (χ1) is 16.1. The molecule has 5 aromatic rings. The standard InChI is InChI=1S/C26H23N3O2S2/c1-17-8-9-23(31-2)19(14-17)20-16-33-26(27-20)28-25(30)22-15-24-21(11-13-32-24)29(22)12-10-18-6-4-3-5-7-18/h3-9,11,13-16H,10,12H2,1-2H3,(H,27,28,30). The number of thiazole rings is 1. The predicted molar refractivity (Wildman–Crippen MR) is 137 cm³/mol. The molecular weight excluding hydrogens is 450 g/mol. The van der Waals surface area contributed by atoms with Crippen LogP contribution in [0, 0.1) is 6.92 Å². The van der Waals surface area contributed by atoms with Gasteiger partial charge in [-0.05, 0) is 48.6 Å². The van der Waals surface area contributed by atoms with Gasteiger partial charge in [-0.3, -0.25) is 10.1 Å².